The van der Waals surface area contributed by atoms with Crippen molar-refractivity contribution in [1.82, 2.24) is 0 Å². The fourth-order valence-electron chi connectivity index (χ4n) is 4.60. The van der Waals surface area contributed by atoms with E-state index in [9.17, 15) is 0 Å². The second kappa shape index (κ2) is 4.94. The third-order valence-electron chi connectivity index (χ3n) is 4.37. The van der Waals surface area contributed by atoms with Crippen molar-refractivity contribution in [2.45, 2.75) is 65.3 Å². The Balaban J connectivity index is 2.05. The molecule has 1 fully saturated rings. The Labute approximate surface area is 118 Å². The van der Waals surface area contributed by atoms with E-state index in [0.717, 1.165) is 25.7 Å². The van der Waals surface area contributed by atoms with Gasteiger partial charge >= 0.3 is 0 Å². The monoisotopic (exact) mass is 259 g/mol. The highest BCUT2D eigenvalue weighted by atomic mass is 14.8. The molecule has 0 aliphatic heterocycles. The van der Waals surface area contributed by atoms with Gasteiger partial charge in [-0.3, -0.25) is 0 Å². The predicted molar refractivity (Wildman–Crippen MR) is 83.1 cm³/mol. The summed E-state index contributed by atoms with van der Waals surface area (Å²) < 4.78 is 0. The van der Waals surface area contributed by atoms with E-state index in [1.54, 1.807) is 0 Å². The van der Waals surface area contributed by atoms with Gasteiger partial charge in [-0.1, -0.05) is 58.0 Å². The van der Waals surface area contributed by atoms with E-state index < -0.39 is 0 Å². The maximum atomic E-state index is 6.76. The molecular formula is C18H29N. The molecule has 0 saturated heterocycles. The Morgan fingerprint density at radius 2 is 1.42 bits per heavy atom. The van der Waals surface area contributed by atoms with Crippen LogP contribution in [0.3, 0.4) is 0 Å². The minimum atomic E-state index is 0.00108. The van der Waals surface area contributed by atoms with Gasteiger partial charge in [-0.2, -0.15) is 0 Å². The van der Waals surface area contributed by atoms with Gasteiger partial charge < -0.3 is 5.73 Å². The molecule has 0 heterocycles. The summed E-state index contributed by atoms with van der Waals surface area (Å²) in [5, 5.41) is 0. The van der Waals surface area contributed by atoms with Gasteiger partial charge in [-0.05, 0) is 48.5 Å². The molecule has 0 atom stereocenters. The molecule has 0 bridgehead atoms. The van der Waals surface area contributed by atoms with Crippen LogP contribution < -0.4 is 5.73 Å². The molecule has 19 heavy (non-hydrogen) atoms. The van der Waals surface area contributed by atoms with Crippen molar-refractivity contribution in [1.29, 1.82) is 0 Å². The van der Waals surface area contributed by atoms with Crippen molar-refractivity contribution in [2.24, 2.45) is 16.6 Å². The summed E-state index contributed by atoms with van der Waals surface area (Å²) >= 11 is 0. The number of aryl methyl sites for hydroxylation is 1. The maximum Gasteiger partial charge on any atom is 0.0167 e. The Hall–Kier alpha value is -0.820. The molecule has 0 spiro atoms. The number of nitrogens with two attached hydrogens (primary N) is 1. The molecule has 0 amide bonds. The second-order valence-corrected chi connectivity index (χ2v) is 8.21. The van der Waals surface area contributed by atoms with Crippen LogP contribution >= 0.6 is 0 Å². The highest BCUT2D eigenvalue weighted by molar-refractivity contribution is 5.15. The van der Waals surface area contributed by atoms with Crippen molar-refractivity contribution in [3.63, 3.8) is 0 Å². The molecule has 1 aromatic carbocycles. The zero-order chi connectivity index (χ0) is 14.1. The van der Waals surface area contributed by atoms with Gasteiger partial charge in [-0.25, -0.2) is 0 Å². The lowest BCUT2D eigenvalue weighted by molar-refractivity contribution is 0.0445. The molecule has 0 aromatic heterocycles. The maximum absolute atomic E-state index is 6.76. The molecule has 1 aromatic rings. The summed E-state index contributed by atoms with van der Waals surface area (Å²) in [6.07, 6.45) is 5.78. The standard InChI is InChI=1S/C18H29N/c1-16(2)12-17(3,4)14-18(19,13-16)11-10-15-8-6-5-7-9-15/h5-9H,10-14,19H2,1-4H3. The van der Waals surface area contributed by atoms with Crippen molar-refractivity contribution >= 4 is 0 Å². The summed E-state index contributed by atoms with van der Waals surface area (Å²) in [5.41, 5.74) is 8.91. The van der Waals surface area contributed by atoms with Crippen LogP contribution in [-0.2, 0) is 6.42 Å². The number of hydrogen-bond acceptors (Lipinski definition) is 1. The van der Waals surface area contributed by atoms with Crippen LogP contribution in [0.1, 0.15) is 58.9 Å². The van der Waals surface area contributed by atoms with Crippen LogP contribution in [0.25, 0.3) is 0 Å². The number of rotatable bonds is 3. The fraction of sp³-hybridized carbons (Fsp3) is 0.667. The average Bonchev–Trinajstić information content (AvgIpc) is 2.23. The first kappa shape index (κ1) is 14.6. The van der Waals surface area contributed by atoms with Crippen LogP contribution in [0, 0.1) is 10.8 Å². The van der Waals surface area contributed by atoms with Crippen molar-refractivity contribution in [3.05, 3.63) is 35.9 Å². The molecule has 1 aliphatic rings. The van der Waals surface area contributed by atoms with Gasteiger partial charge in [0.1, 0.15) is 0 Å². The first-order chi connectivity index (χ1) is 8.70. The van der Waals surface area contributed by atoms with Gasteiger partial charge in [0.25, 0.3) is 0 Å². The lowest BCUT2D eigenvalue weighted by atomic mass is 9.57. The van der Waals surface area contributed by atoms with E-state index in [0.29, 0.717) is 10.8 Å². The van der Waals surface area contributed by atoms with Gasteiger partial charge in [0, 0.05) is 5.54 Å². The Morgan fingerprint density at radius 3 is 1.95 bits per heavy atom. The third-order valence-corrected chi connectivity index (χ3v) is 4.37. The van der Waals surface area contributed by atoms with E-state index >= 15 is 0 Å². The summed E-state index contributed by atoms with van der Waals surface area (Å²) in [6.45, 7) is 9.49. The summed E-state index contributed by atoms with van der Waals surface area (Å²) in [6, 6.07) is 10.7. The van der Waals surface area contributed by atoms with Crippen molar-refractivity contribution in [2.75, 3.05) is 0 Å². The predicted octanol–water partition coefficient (Wildman–Crippen LogP) is 4.55. The highest BCUT2D eigenvalue weighted by Crippen LogP contribution is 2.50. The van der Waals surface area contributed by atoms with Crippen LogP contribution in [0.2, 0.25) is 0 Å². The minimum Gasteiger partial charge on any atom is -0.325 e. The average molecular weight is 259 g/mol. The number of hydrogen-bond donors (Lipinski definition) is 1. The van der Waals surface area contributed by atoms with E-state index in [2.05, 4.69) is 58.0 Å². The quantitative estimate of drug-likeness (QED) is 0.846. The smallest absolute Gasteiger partial charge is 0.0167 e. The first-order valence-electron chi connectivity index (χ1n) is 7.53. The molecule has 0 radical (unpaired) electrons. The summed E-state index contributed by atoms with van der Waals surface area (Å²) in [5.74, 6) is 0. The molecule has 2 N–H and O–H groups in total. The van der Waals surface area contributed by atoms with Crippen molar-refractivity contribution < 1.29 is 0 Å². The molecule has 0 unspecified atom stereocenters. The van der Waals surface area contributed by atoms with Gasteiger partial charge in [0.15, 0.2) is 0 Å². The van der Waals surface area contributed by atoms with E-state index in [4.69, 9.17) is 5.73 Å². The van der Waals surface area contributed by atoms with E-state index in [1.807, 2.05) is 0 Å². The summed E-state index contributed by atoms with van der Waals surface area (Å²) in [4.78, 5) is 0. The molecule has 1 saturated carbocycles. The third kappa shape index (κ3) is 4.07. The zero-order valence-electron chi connectivity index (χ0n) is 13.0. The van der Waals surface area contributed by atoms with Crippen molar-refractivity contribution in [3.8, 4) is 0 Å². The largest absolute Gasteiger partial charge is 0.325 e. The molecule has 2 rings (SSSR count). The topological polar surface area (TPSA) is 26.0 Å². The van der Waals surface area contributed by atoms with Gasteiger partial charge in [0.2, 0.25) is 0 Å². The molecule has 106 valence electrons. The fourth-order valence-corrected chi connectivity index (χ4v) is 4.60. The second-order valence-electron chi connectivity index (χ2n) is 8.21. The van der Waals surface area contributed by atoms with Crippen LogP contribution in [0.5, 0.6) is 0 Å². The Kier molecular flexibility index (Phi) is 3.79. The Morgan fingerprint density at radius 1 is 0.895 bits per heavy atom. The molecule has 1 nitrogen and oxygen atoms in total. The SMILES string of the molecule is CC1(C)CC(C)(C)CC(N)(CCc2ccccc2)C1. The van der Waals surface area contributed by atoms with Crippen LogP contribution in [-0.4, -0.2) is 5.54 Å². The first-order valence-corrected chi connectivity index (χ1v) is 7.53. The lowest BCUT2D eigenvalue weighted by Gasteiger charge is -2.50. The number of benzene rings is 1. The normalized spacial score (nSPS) is 24.1. The molecule has 1 heteroatoms. The summed E-state index contributed by atoms with van der Waals surface area (Å²) in [7, 11) is 0. The Bertz CT molecular complexity index is 401. The zero-order valence-corrected chi connectivity index (χ0v) is 13.0. The minimum absolute atomic E-state index is 0.00108. The van der Waals surface area contributed by atoms with Crippen LogP contribution in [0.4, 0.5) is 0 Å². The molecular weight excluding hydrogens is 230 g/mol. The van der Waals surface area contributed by atoms with Gasteiger partial charge in [-0.15, -0.1) is 0 Å². The van der Waals surface area contributed by atoms with Crippen LogP contribution in [0.15, 0.2) is 30.3 Å². The van der Waals surface area contributed by atoms with E-state index in [-0.39, 0.29) is 5.54 Å². The highest BCUT2D eigenvalue weighted by Gasteiger charge is 2.44. The van der Waals surface area contributed by atoms with E-state index in [1.165, 1.54) is 12.0 Å². The van der Waals surface area contributed by atoms with Gasteiger partial charge in [0.05, 0.1) is 0 Å². The lowest BCUT2D eigenvalue weighted by Crippen LogP contribution is -2.52. The molecule has 1 aliphatic carbocycles.